The molecular weight excluding hydrogens is 316 g/mol. The topological polar surface area (TPSA) is 78.4 Å². The summed E-state index contributed by atoms with van der Waals surface area (Å²) in [6.07, 6.45) is 0. The third kappa shape index (κ3) is 4.90. The fraction of sp³-hybridized carbons (Fsp3) is 0.300. The number of benzene rings is 2. The zero-order chi connectivity index (χ0) is 18.4. The van der Waals surface area contributed by atoms with Crippen LogP contribution in [-0.4, -0.2) is 29.1 Å². The van der Waals surface area contributed by atoms with Gasteiger partial charge in [-0.2, -0.15) is 0 Å². The minimum atomic E-state index is -1.00. The number of amides is 2. The molecule has 0 aliphatic carbocycles. The molecule has 25 heavy (non-hydrogen) atoms. The van der Waals surface area contributed by atoms with E-state index in [-0.39, 0.29) is 24.3 Å². The van der Waals surface area contributed by atoms with Crippen LogP contribution in [0.5, 0.6) is 0 Å². The van der Waals surface area contributed by atoms with Crippen molar-refractivity contribution < 1.29 is 14.7 Å². The molecule has 0 spiro atoms. The molecule has 1 unspecified atom stereocenters. The van der Waals surface area contributed by atoms with Gasteiger partial charge in [0.25, 0.3) is 11.8 Å². The van der Waals surface area contributed by atoms with E-state index in [1.54, 1.807) is 55.5 Å². The smallest absolute Gasteiger partial charge is 0.255 e. The Bertz CT molecular complexity index is 740. The first-order chi connectivity index (χ1) is 11.8. The summed E-state index contributed by atoms with van der Waals surface area (Å²) in [4.78, 5) is 24.8. The molecule has 2 aromatic carbocycles. The van der Waals surface area contributed by atoms with E-state index in [1.807, 2.05) is 19.9 Å². The normalized spacial score (nSPS) is 13.2. The third-order valence-corrected chi connectivity index (χ3v) is 4.31. The Balaban J connectivity index is 2.12. The highest BCUT2D eigenvalue weighted by Crippen LogP contribution is 2.18. The van der Waals surface area contributed by atoms with Crippen LogP contribution in [-0.2, 0) is 0 Å². The average molecular weight is 340 g/mol. The van der Waals surface area contributed by atoms with E-state index in [4.69, 9.17) is 0 Å². The molecule has 0 aliphatic rings. The van der Waals surface area contributed by atoms with Crippen molar-refractivity contribution >= 4 is 17.5 Å². The molecule has 2 amide bonds. The van der Waals surface area contributed by atoms with Crippen molar-refractivity contribution in [3.8, 4) is 0 Å². The Morgan fingerprint density at radius 3 is 2.24 bits per heavy atom. The number of anilines is 1. The van der Waals surface area contributed by atoms with Gasteiger partial charge in [-0.1, -0.05) is 44.2 Å². The van der Waals surface area contributed by atoms with E-state index in [2.05, 4.69) is 10.6 Å². The molecule has 0 saturated carbocycles. The van der Waals surface area contributed by atoms with Crippen molar-refractivity contribution in [3.05, 3.63) is 65.7 Å². The minimum absolute atomic E-state index is 0.000766. The van der Waals surface area contributed by atoms with Gasteiger partial charge in [-0.25, -0.2) is 0 Å². The Labute approximate surface area is 148 Å². The highest BCUT2D eigenvalue weighted by Gasteiger charge is 2.26. The van der Waals surface area contributed by atoms with Gasteiger partial charge in [0.15, 0.2) is 0 Å². The molecule has 132 valence electrons. The lowest BCUT2D eigenvalue weighted by atomic mass is 9.92. The van der Waals surface area contributed by atoms with Crippen LogP contribution >= 0.6 is 0 Å². The van der Waals surface area contributed by atoms with Crippen molar-refractivity contribution in [1.82, 2.24) is 5.32 Å². The molecular formula is C20H24N2O3. The summed E-state index contributed by atoms with van der Waals surface area (Å²) in [6, 6.07) is 15.6. The van der Waals surface area contributed by atoms with Gasteiger partial charge < -0.3 is 15.7 Å². The molecule has 2 rings (SSSR count). The van der Waals surface area contributed by atoms with Crippen LogP contribution in [0.2, 0.25) is 0 Å². The molecule has 2 aromatic rings. The highest BCUT2D eigenvalue weighted by molar-refractivity contribution is 6.08. The summed E-state index contributed by atoms with van der Waals surface area (Å²) < 4.78 is 0. The van der Waals surface area contributed by atoms with Crippen LogP contribution < -0.4 is 10.6 Å². The van der Waals surface area contributed by atoms with E-state index in [0.29, 0.717) is 16.8 Å². The zero-order valence-corrected chi connectivity index (χ0v) is 14.7. The van der Waals surface area contributed by atoms with E-state index in [9.17, 15) is 14.7 Å². The maximum absolute atomic E-state index is 12.5. The Morgan fingerprint density at radius 2 is 1.60 bits per heavy atom. The lowest BCUT2D eigenvalue weighted by Gasteiger charge is -2.28. The minimum Gasteiger partial charge on any atom is -0.388 e. The number of carbonyl (C=O) groups excluding carboxylic acids is 2. The second-order valence-electron chi connectivity index (χ2n) is 6.56. The predicted molar refractivity (Wildman–Crippen MR) is 98.6 cm³/mol. The molecule has 0 saturated heterocycles. The lowest BCUT2D eigenvalue weighted by molar-refractivity contribution is 0.0142. The quantitative estimate of drug-likeness (QED) is 0.756. The molecule has 5 nitrogen and oxygen atoms in total. The molecule has 0 aromatic heterocycles. The van der Waals surface area contributed by atoms with Gasteiger partial charge in [0.05, 0.1) is 16.9 Å². The van der Waals surface area contributed by atoms with Crippen molar-refractivity contribution in [2.75, 3.05) is 11.9 Å². The maximum Gasteiger partial charge on any atom is 0.255 e. The number of para-hydroxylation sites is 1. The van der Waals surface area contributed by atoms with Gasteiger partial charge in [-0.05, 0) is 37.1 Å². The molecule has 0 bridgehead atoms. The number of carbonyl (C=O) groups is 2. The number of rotatable bonds is 6. The summed E-state index contributed by atoms with van der Waals surface area (Å²) in [7, 11) is 0. The first-order valence-corrected chi connectivity index (χ1v) is 8.27. The van der Waals surface area contributed by atoms with Gasteiger partial charge in [-0.15, -0.1) is 0 Å². The second kappa shape index (κ2) is 7.94. The Kier molecular flexibility index (Phi) is 5.93. The molecule has 0 heterocycles. The molecule has 0 aliphatic heterocycles. The summed E-state index contributed by atoms with van der Waals surface area (Å²) in [5.74, 6) is -0.624. The van der Waals surface area contributed by atoms with Gasteiger partial charge in [0.2, 0.25) is 0 Å². The first-order valence-electron chi connectivity index (χ1n) is 8.27. The fourth-order valence-electron chi connectivity index (χ4n) is 2.13. The van der Waals surface area contributed by atoms with Crippen LogP contribution in [0.1, 0.15) is 41.5 Å². The monoisotopic (exact) mass is 340 g/mol. The lowest BCUT2D eigenvalue weighted by Crippen LogP contribution is -2.44. The van der Waals surface area contributed by atoms with Gasteiger partial charge in [-0.3, -0.25) is 9.59 Å². The van der Waals surface area contributed by atoms with Crippen molar-refractivity contribution in [2.45, 2.75) is 26.4 Å². The third-order valence-electron chi connectivity index (χ3n) is 4.31. The van der Waals surface area contributed by atoms with Crippen molar-refractivity contribution in [1.29, 1.82) is 0 Å². The standard InChI is InChI=1S/C20H24N2O3/c1-14(2)20(3,25)13-21-19(24)16-11-7-8-12-17(16)22-18(23)15-9-5-4-6-10-15/h4-12,14,25H,13H2,1-3H3,(H,21,24)(H,22,23). The van der Waals surface area contributed by atoms with E-state index in [1.165, 1.54) is 0 Å². The molecule has 0 fully saturated rings. The maximum atomic E-state index is 12.5. The fourth-order valence-corrected chi connectivity index (χ4v) is 2.13. The van der Waals surface area contributed by atoms with Crippen LogP contribution in [0.15, 0.2) is 54.6 Å². The number of aliphatic hydroxyl groups is 1. The summed E-state index contributed by atoms with van der Waals surface area (Å²) in [5, 5.41) is 15.8. The van der Waals surface area contributed by atoms with Crippen LogP contribution in [0.4, 0.5) is 5.69 Å². The summed E-state index contributed by atoms with van der Waals surface area (Å²) in [6.45, 7) is 5.59. The molecule has 3 N–H and O–H groups in total. The predicted octanol–water partition coefficient (Wildman–Crippen LogP) is 3.08. The van der Waals surface area contributed by atoms with E-state index in [0.717, 1.165) is 0 Å². The van der Waals surface area contributed by atoms with Gasteiger partial charge in [0.1, 0.15) is 0 Å². The SMILES string of the molecule is CC(C)C(C)(O)CNC(=O)c1ccccc1NC(=O)c1ccccc1. The Morgan fingerprint density at radius 1 is 1.00 bits per heavy atom. The molecule has 1 atom stereocenters. The number of nitrogens with one attached hydrogen (secondary N) is 2. The Hall–Kier alpha value is -2.66. The van der Waals surface area contributed by atoms with E-state index < -0.39 is 5.60 Å². The van der Waals surface area contributed by atoms with Crippen LogP contribution in [0.25, 0.3) is 0 Å². The number of hydrogen-bond acceptors (Lipinski definition) is 3. The summed E-state index contributed by atoms with van der Waals surface area (Å²) >= 11 is 0. The highest BCUT2D eigenvalue weighted by atomic mass is 16.3. The molecule has 5 heteroatoms. The molecule has 0 radical (unpaired) electrons. The van der Waals surface area contributed by atoms with E-state index >= 15 is 0 Å². The zero-order valence-electron chi connectivity index (χ0n) is 14.7. The van der Waals surface area contributed by atoms with Crippen LogP contribution in [0, 0.1) is 5.92 Å². The first kappa shape index (κ1) is 18.7. The second-order valence-corrected chi connectivity index (χ2v) is 6.56. The van der Waals surface area contributed by atoms with Crippen LogP contribution in [0.3, 0.4) is 0 Å². The largest absolute Gasteiger partial charge is 0.388 e. The van der Waals surface area contributed by atoms with Crippen molar-refractivity contribution in [3.63, 3.8) is 0 Å². The van der Waals surface area contributed by atoms with Gasteiger partial charge >= 0.3 is 0 Å². The number of hydrogen-bond donors (Lipinski definition) is 3. The van der Waals surface area contributed by atoms with Crippen molar-refractivity contribution in [2.24, 2.45) is 5.92 Å². The average Bonchev–Trinajstić information content (AvgIpc) is 2.61. The summed E-state index contributed by atoms with van der Waals surface area (Å²) in [5.41, 5.74) is 0.294. The van der Waals surface area contributed by atoms with Gasteiger partial charge in [0, 0.05) is 12.1 Å².